The molecule has 136 valence electrons. The lowest BCUT2D eigenvalue weighted by molar-refractivity contribution is 0.415. The number of benzene rings is 3. The van der Waals surface area contributed by atoms with Crippen LogP contribution in [0.1, 0.15) is 0 Å². The third-order valence-electron chi connectivity index (χ3n) is 4.79. The van der Waals surface area contributed by atoms with E-state index in [1.54, 1.807) is 11.5 Å². The second-order valence-corrected chi connectivity index (χ2v) is 7.43. The summed E-state index contributed by atoms with van der Waals surface area (Å²) in [6.45, 7) is 0. The first-order valence-corrected chi connectivity index (χ1v) is 9.72. The zero-order valence-corrected chi connectivity index (χ0v) is 15.9. The molecule has 0 bridgehead atoms. The average Bonchev–Trinajstić information content (AvgIpc) is 3.13. The minimum absolute atomic E-state index is 0.0560. The number of aromatic nitrogens is 2. The number of methoxy groups -OCH3 is 1. The van der Waals surface area contributed by atoms with Crippen LogP contribution < -0.4 is 10.3 Å². The van der Waals surface area contributed by atoms with E-state index >= 15 is 0 Å². The Morgan fingerprint density at radius 1 is 0.857 bits per heavy atom. The topological polar surface area (TPSA) is 43.6 Å². The molecule has 28 heavy (non-hydrogen) atoms. The lowest BCUT2D eigenvalue weighted by Crippen LogP contribution is -2.17. The summed E-state index contributed by atoms with van der Waals surface area (Å²) in [4.78, 5) is 19.2. The van der Waals surface area contributed by atoms with E-state index in [0.29, 0.717) is 16.2 Å². The Bertz CT molecular complexity index is 1350. The van der Waals surface area contributed by atoms with Crippen molar-refractivity contribution in [3.05, 3.63) is 89.2 Å². The molecular weight excluding hydrogens is 368 g/mol. The van der Waals surface area contributed by atoms with Gasteiger partial charge in [0.1, 0.15) is 5.75 Å². The Labute approximate surface area is 165 Å². The largest absolute Gasteiger partial charge is 0.497 e. The average molecular weight is 384 g/mol. The van der Waals surface area contributed by atoms with Crippen LogP contribution in [0.25, 0.3) is 37.6 Å². The number of fused-ring (bicyclic) bond motifs is 3. The van der Waals surface area contributed by atoms with Gasteiger partial charge in [-0.1, -0.05) is 53.8 Å². The van der Waals surface area contributed by atoms with E-state index < -0.39 is 0 Å². The fourth-order valence-corrected chi connectivity index (χ4v) is 4.45. The van der Waals surface area contributed by atoms with Crippen LogP contribution in [0.4, 0.5) is 0 Å². The zero-order chi connectivity index (χ0) is 19.1. The van der Waals surface area contributed by atoms with Crippen LogP contribution in [0.5, 0.6) is 5.75 Å². The Morgan fingerprint density at radius 2 is 1.57 bits per heavy atom. The molecule has 5 heteroatoms. The summed E-state index contributed by atoms with van der Waals surface area (Å²) >= 11 is 1.52. The van der Waals surface area contributed by atoms with Gasteiger partial charge in [0.25, 0.3) is 5.56 Å². The first-order valence-electron chi connectivity index (χ1n) is 8.90. The normalized spacial score (nSPS) is 11.2. The van der Waals surface area contributed by atoms with E-state index in [1.807, 2.05) is 78.9 Å². The van der Waals surface area contributed by atoms with Crippen LogP contribution in [-0.4, -0.2) is 16.5 Å². The lowest BCUT2D eigenvalue weighted by Gasteiger charge is -2.10. The molecule has 0 unspecified atom stereocenters. The first-order chi connectivity index (χ1) is 13.8. The fraction of sp³-hybridized carbons (Fsp3) is 0.0435. The molecular formula is C23H16N2O2S. The smallest absolute Gasteiger partial charge is 0.267 e. The van der Waals surface area contributed by atoms with Crippen molar-refractivity contribution >= 4 is 26.5 Å². The summed E-state index contributed by atoms with van der Waals surface area (Å²) in [6, 6.07) is 25.3. The lowest BCUT2D eigenvalue weighted by atomic mass is 10.0. The van der Waals surface area contributed by atoms with Crippen LogP contribution in [0.3, 0.4) is 0 Å². The van der Waals surface area contributed by atoms with Gasteiger partial charge in [-0.2, -0.15) is 0 Å². The second-order valence-electron chi connectivity index (χ2n) is 6.42. The van der Waals surface area contributed by atoms with Crippen molar-refractivity contribution in [2.75, 3.05) is 7.11 Å². The molecule has 5 rings (SSSR count). The van der Waals surface area contributed by atoms with E-state index in [0.717, 1.165) is 27.1 Å². The number of thiazole rings is 1. The Morgan fingerprint density at radius 3 is 2.32 bits per heavy atom. The van der Waals surface area contributed by atoms with E-state index in [4.69, 9.17) is 9.72 Å². The molecule has 0 spiro atoms. The molecule has 2 heterocycles. The molecule has 2 aromatic heterocycles. The fourth-order valence-electron chi connectivity index (χ4n) is 3.43. The summed E-state index contributed by atoms with van der Waals surface area (Å²) in [7, 11) is 1.64. The summed E-state index contributed by atoms with van der Waals surface area (Å²) in [5, 5.41) is 0. The highest BCUT2D eigenvalue weighted by atomic mass is 32.1. The molecule has 4 nitrogen and oxygen atoms in total. The van der Waals surface area contributed by atoms with Crippen molar-refractivity contribution in [1.29, 1.82) is 0 Å². The molecule has 0 aliphatic rings. The van der Waals surface area contributed by atoms with Gasteiger partial charge < -0.3 is 4.74 Å². The molecule has 0 fully saturated rings. The first kappa shape index (κ1) is 16.7. The zero-order valence-electron chi connectivity index (χ0n) is 15.1. The van der Waals surface area contributed by atoms with Gasteiger partial charge in [0.2, 0.25) is 0 Å². The van der Waals surface area contributed by atoms with Crippen LogP contribution >= 0.6 is 11.3 Å². The number of ether oxygens (including phenoxy) is 1. The van der Waals surface area contributed by atoms with Gasteiger partial charge in [0, 0.05) is 5.56 Å². The Kier molecular flexibility index (Phi) is 3.95. The number of para-hydroxylation sites is 1. The standard InChI is InChI=1S/C23H16N2O2S/c1-27-17-13-11-16(12-14-17)21-20(15-7-3-2-4-8-15)22(26)25-18-9-5-6-10-19(18)28-23(25)24-21/h2-14H,1H3. The number of hydrogen-bond acceptors (Lipinski definition) is 4. The number of nitrogens with zero attached hydrogens (tertiary/aromatic N) is 2. The van der Waals surface area contributed by atoms with Gasteiger partial charge in [0.15, 0.2) is 4.96 Å². The predicted octanol–water partition coefficient (Wildman–Crippen LogP) is 5.25. The van der Waals surface area contributed by atoms with E-state index in [9.17, 15) is 4.79 Å². The van der Waals surface area contributed by atoms with Gasteiger partial charge in [-0.05, 0) is 42.0 Å². The molecule has 0 saturated heterocycles. The van der Waals surface area contributed by atoms with Crippen LogP contribution in [0.2, 0.25) is 0 Å². The molecule has 3 aromatic carbocycles. The molecule has 0 aliphatic carbocycles. The highest BCUT2D eigenvalue weighted by Gasteiger charge is 2.19. The molecule has 0 radical (unpaired) electrons. The maximum Gasteiger partial charge on any atom is 0.267 e. The number of rotatable bonds is 3. The number of hydrogen-bond donors (Lipinski definition) is 0. The quantitative estimate of drug-likeness (QED) is 0.427. The maximum atomic E-state index is 13.6. The van der Waals surface area contributed by atoms with Crippen LogP contribution in [0, 0.1) is 0 Å². The highest BCUT2D eigenvalue weighted by molar-refractivity contribution is 7.23. The summed E-state index contributed by atoms with van der Waals surface area (Å²) in [5.74, 6) is 0.768. The SMILES string of the molecule is COc1ccc(-c2nc3sc4ccccc4n3c(=O)c2-c2ccccc2)cc1. The monoisotopic (exact) mass is 384 g/mol. The van der Waals surface area contributed by atoms with E-state index in [2.05, 4.69) is 0 Å². The van der Waals surface area contributed by atoms with Gasteiger partial charge in [-0.3, -0.25) is 9.20 Å². The minimum atomic E-state index is -0.0560. The van der Waals surface area contributed by atoms with Gasteiger partial charge in [-0.15, -0.1) is 0 Å². The third-order valence-corrected chi connectivity index (χ3v) is 5.81. The molecule has 5 aromatic rings. The van der Waals surface area contributed by atoms with Gasteiger partial charge in [-0.25, -0.2) is 4.98 Å². The second kappa shape index (κ2) is 6.62. The van der Waals surface area contributed by atoms with E-state index in [1.165, 1.54) is 11.3 Å². The third kappa shape index (κ3) is 2.60. The van der Waals surface area contributed by atoms with E-state index in [-0.39, 0.29) is 5.56 Å². The predicted molar refractivity (Wildman–Crippen MR) is 114 cm³/mol. The Hall–Kier alpha value is -3.44. The molecule has 0 saturated carbocycles. The van der Waals surface area contributed by atoms with Crippen molar-refractivity contribution in [1.82, 2.24) is 9.38 Å². The minimum Gasteiger partial charge on any atom is -0.497 e. The maximum absolute atomic E-state index is 13.6. The summed E-state index contributed by atoms with van der Waals surface area (Å²) in [5.41, 5.74) is 3.86. The van der Waals surface area contributed by atoms with Gasteiger partial charge in [0.05, 0.1) is 28.6 Å². The van der Waals surface area contributed by atoms with Crippen LogP contribution in [-0.2, 0) is 0 Å². The highest BCUT2D eigenvalue weighted by Crippen LogP contribution is 2.32. The van der Waals surface area contributed by atoms with Crippen molar-refractivity contribution in [3.63, 3.8) is 0 Å². The van der Waals surface area contributed by atoms with Gasteiger partial charge >= 0.3 is 0 Å². The molecule has 0 aliphatic heterocycles. The summed E-state index contributed by atoms with van der Waals surface area (Å²) in [6.07, 6.45) is 0. The van der Waals surface area contributed by atoms with Crippen molar-refractivity contribution in [3.8, 4) is 28.1 Å². The van der Waals surface area contributed by atoms with Crippen molar-refractivity contribution < 1.29 is 4.74 Å². The van der Waals surface area contributed by atoms with Crippen molar-refractivity contribution in [2.45, 2.75) is 0 Å². The van der Waals surface area contributed by atoms with Crippen molar-refractivity contribution in [2.24, 2.45) is 0 Å². The summed E-state index contributed by atoms with van der Waals surface area (Å²) < 4.78 is 8.03. The Balaban J connectivity index is 1.90. The molecule has 0 amide bonds. The van der Waals surface area contributed by atoms with Crippen LogP contribution in [0.15, 0.2) is 83.7 Å². The molecule has 0 N–H and O–H groups in total. The molecule has 0 atom stereocenters.